The van der Waals surface area contributed by atoms with E-state index in [1.165, 1.54) is 103 Å². The summed E-state index contributed by atoms with van der Waals surface area (Å²) >= 11 is 0. The van der Waals surface area contributed by atoms with E-state index in [-0.39, 0.29) is 0 Å². The molecular weight excluding hydrogens is 391 g/mol. The highest BCUT2D eigenvalue weighted by Crippen LogP contribution is 2.25. The molecule has 0 heterocycles. The minimum absolute atomic E-state index is 0.586. The normalized spacial score (nSPS) is 12.0. The molecule has 0 radical (unpaired) electrons. The van der Waals surface area contributed by atoms with Crippen LogP contribution in [0, 0.1) is 11.8 Å². The average Bonchev–Trinajstić information content (AvgIpc) is 2.69. The molecule has 0 saturated carbocycles. The van der Waals surface area contributed by atoms with Gasteiger partial charge in [0.25, 0.3) is 0 Å². The van der Waals surface area contributed by atoms with Crippen LogP contribution < -0.4 is 0 Å². The van der Waals surface area contributed by atoms with Gasteiger partial charge in [-0.1, -0.05) is 130 Å². The van der Waals surface area contributed by atoms with Gasteiger partial charge in [0.15, 0.2) is 0 Å². The fourth-order valence-electron chi connectivity index (χ4n) is 3.78. The first-order chi connectivity index (χ1) is 14.5. The molecule has 0 amide bonds. The largest absolute Gasteiger partial charge is 0.319 e. The predicted molar refractivity (Wildman–Crippen MR) is 134 cm³/mol. The van der Waals surface area contributed by atoms with Crippen molar-refractivity contribution in [1.29, 1.82) is 0 Å². The lowest BCUT2D eigenvalue weighted by Crippen LogP contribution is -1.92. The van der Waals surface area contributed by atoms with Crippen molar-refractivity contribution in [2.24, 2.45) is 11.8 Å². The van der Waals surface area contributed by atoms with Crippen molar-refractivity contribution < 1.29 is 13.6 Å². The van der Waals surface area contributed by atoms with Gasteiger partial charge in [0.2, 0.25) is 0 Å². The zero-order chi connectivity index (χ0) is 22.3. The molecule has 0 bridgehead atoms. The molecule has 0 atom stereocenters. The van der Waals surface area contributed by atoms with E-state index in [1.54, 1.807) is 0 Å². The first-order valence-corrected chi connectivity index (χ1v) is 14.5. The molecule has 0 aromatic heterocycles. The second kappa shape index (κ2) is 23.8. The van der Waals surface area contributed by atoms with Gasteiger partial charge >= 0.3 is 8.25 Å². The lowest BCUT2D eigenvalue weighted by Gasteiger charge is -2.07. The van der Waals surface area contributed by atoms with E-state index < -0.39 is 8.25 Å². The molecule has 0 aromatic carbocycles. The van der Waals surface area contributed by atoms with Crippen LogP contribution in [0.5, 0.6) is 0 Å². The third-order valence-corrected chi connectivity index (χ3v) is 6.67. The molecule has 0 aliphatic heterocycles. The van der Waals surface area contributed by atoms with Gasteiger partial charge in [-0.2, -0.15) is 0 Å². The Morgan fingerprint density at radius 3 is 1.03 bits per heavy atom. The molecule has 0 saturated heterocycles. The summed E-state index contributed by atoms with van der Waals surface area (Å²) in [6.07, 6.45) is 23.3. The van der Waals surface area contributed by atoms with E-state index in [4.69, 9.17) is 9.05 Å². The van der Waals surface area contributed by atoms with Gasteiger partial charge in [-0.15, -0.1) is 0 Å². The van der Waals surface area contributed by atoms with Gasteiger partial charge in [0.1, 0.15) is 0 Å². The second-order valence-electron chi connectivity index (χ2n) is 9.97. The Kier molecular flexibility index (Phi) is 23.9. The quantitative estimate of drug-likeness (QED) is 0.109. The van der Waals surface area contributed by atoms with Crippen molar-refractivity contribution in [3.63, 3.8) is 0 Å². The monoisotopic (exact) mass is 446 g/mol. The maximum absolute atomic E-state index is 11.8. The molecule has 182 valence electrons. The molecule has 0 aliphatic carbocycles. The fourth-order valence-corrected chi connectivity index (χ4v) is 4.49. The number of unbranched alkanes of at least 4 members (excludes halogenated alkanes) is 14. The number of hydrogen-bond donors (Lipinski definition) is 0. The summed E-state index contributed by atoms with van der Waals surface area (Å²) in [4.78, 5) is 0. The highest BCUT2D eigenvalue weighted by atomic mass is 31.1. The molecule has 30 heavy (non-hydrogen) atoms. The van der Waals surface area contributed by atoms with Crippen molar-refractivity contribution in [3.05, 3.63) is 0 Å². The number of rotatable bonds is 24. The van der Waals surface area contributed by atoms with E-state index in [9.17, 15) is 4.57 Å². The smallest absolute Gasteiger partial charge is 0.311 e. The molecule has 0 unspecified atom stereocenters. The molecule has 0 rings (SSSR count). The van der Waals surface area contributed by atoms with Crippen molar-refractivity contribution in [1.82, 2.24) is 0 Å². The number of hydrogen-bond acceptors (Lipinski definition) is 3. The fraction of sp³-hybridized carbons (Fsp3) is 1.00. The Labute approximate surface area is 190 Å². The molecule has 0 N–H and O–H groups in total. The third kappa shape index (κ3) is 26.2. The van der Waals surface area contributed by atoms with Gasteiger partial charge in [0.05, 0.1) is 13.2 Å². The maximum Gasteiger partial charge on any atom is 0.319 e. The summed E-state index contributed by atoms with van der Waals surface area (Å²) in [5.41, 5.74) is 0. The zero-order valence-electron chi connectivity index (χ0n) is 21.0. The van der Waals surface area contributed by atoms with Gasteiger partial charge in [-0.3, -0.25) is 4.57 Å². The molecule has 0 aliphatic rings. The van der Waals surface area contributed by atoms with Crippen LogP contribution in [-0.4, -0.2) is 13.2 Å². The van der Waals surface area contributed by atoms with Gasteiger partial charge in [0, 0.05) is 0 Å². The summed E-state index contributed by atoms with van der Waals surface area (Å²) in [5, 5.41) is 0. The van der Waals surface area contributed by atoms with E-state index in [0.29, 0.717) is 13.2 Å². The van der Waals surface area contributed by atoms with Crippen LogP contribution in [0.1, 0.15) is 143 Å². The molecule has 3 nitrogen and oxygen atoms in total. The van der Waals surface area contributed by atoms with Crippen LogP contribution in [0.4, 0.5) is 0 Å². The van der Waals surface area contributed by atoms with E-state index in [1.807, 2.05) is 0 Å². The molecule has 4 heteroatoms. The molecule has 0 spiro atoms. The molecular formula is C26H55O3P. The summed E-state index contributed by atoms with van der Waals surface area (Å²) in [6.45, 7) is 10.4. The Morgan fingerprint density at radius 2 is 0.733 bits per heavy atom. The van der Waals surface area contributed by atoms with Crippen molar-refractivity contribution in [2.45, 2.75) is 143 Å². The maximum atomic E-state index is 11.8. The van der Waals surface area contributed by atoms with E-state index >= 15 is 0 Å². The molecule has 0 aromatic rings. The van der Waals surface area contributed by atoms with Crippen molar-refractivity contribution in [3.8, 4) is 0 Å². The summed E-state index contributed by atoms with van der Waals surface area (Å²) in [6, 6.07) is 0. The summed E-state index contributed by atoms with van der Waals surface area (Å²) in [7, 11) is -2.27. The minimum atomic E-state index is -2.27. The predicted octanol–water partition coefficient (Wildman–Crippen LogP) is 9.74. The summed E-state index contributed by atoms with van der Waals surface area (Å²) in [5.74, 6) is 1.70. The standard InChI is InChI=1S/C26H55O3P/c1-25(2)21-17-13-9-5-7-11-15-19-23-28-30(27)29-24-20-16-12-8-6-10-14-18-22-26(3)4/h25-26,30H,5-24H2,1-4H3. The SMILES string of the molecule is CC(C)CCCCCCCCCCO[PH](=O)OCCCCCCCCCCC(C)C. The highest BCUT2D eigenvalue weighted by Gasteiger charge is 2.01. The lowest BCUT2D eigenvalue weighted by atomic mass is 10.0. The van der Waals surface area contributed by atoms with E-state index in [2.05, 4.69) is 27.7 Å². The van der Waals surface area contributed by atoms with Gasteiger partial charge in [-0.05, 0) is 24.7 Å². The van der Waals surface area contributed by atoms with Crippen LogP contribution in [0.25, 0.3) is 0 Å². The third-order valence-electron chi connectivity index (χ3n) is 5.79. The van der Waals surface area contributed by atoms with Crippen LogP contribution in [-0.2, 0) is 13.6 Å². The van der Waals surface area contributed by atoms with Crippen LogP contribution >= 0.6 is 8.25 Å². The Morgan fingerprint density at radius 1 is 0.467 bits per heavy atom. The lowest BCUT2D eigenvalue weighted by molar-refractivity contribution is 0.218. The zero-order valence-corrected chi connectivity index (χ0v) is 22.0. The van der Waals surface area contributed by atoms with Gasteiger partial charge in [-0.25, -0.2) is 0 Å². The molecule has 0 fully saturated rings. The van der Waals surface area contributed by atoms with Gasteiger partial charge < -0.3 is 9.05 Å². The second-order valence-corrected chi connectivity index (χ2v) is 11.0. The van der Waals surface area contributed by atoms with Crippen molar-refractivity contribution >= 4 is 8.25 Å². The van der Waals surface area contributed by atoms with Crippen LogP contribution in [0.15, 0.2) is 0 Å². The van der Waals surface area contributed by atoms with Crippen LogP contribution in [0.3, 0.4) is 0 Å². The first kappa shape index (κ1) is 30.1. The topological polar surface area (TPSA) is 35.5 Å². The minimum Gasteiger partial charge on any atom is -0.311 e. The summed E-state index contributed by atoms with van der Waals surface area (Å²) < 4.78 is 22.4. The Bertz CT molecular complexity index is 326. The first-order valence-electron chi connectivity index (χ1n) is 13.3. The van der Waals surface area contributed by atoms with Crippen molar-refractivity contribution in [2.75, 3.05) is 13.2 Å². The average molecular weight is 447 g/mol. The Balaban J connectivity index is 3.17. The Hall–Kier alpha value is 0.150. The highest BCUT2D eigenvalue weighted by molar-refractivity contribution is 7.33. The van der Waals surface area contributed by atoms with Crippen LogP contribution in [0.2, 0.25) is 0 Å². The van der Waals surface area contributed by atoms with E-state index in [0.717, 1.165) is 24.7 Å².